The van der Waals surface area contributed by atoms with E-state index in [1.165, 1.54) is 19.9 Å². The minimum absolute atomic E-state index is 0.434. The summed E-state index contributed by atoms with van der Waals surface area (Å²) in [6, 6.07) is 3.26. The van der Waals surface area contributed by atoms with E-state index in [1.54, 1.807) is 0 Å². The second kappa shape index (κ2) is 6.45. The van der Waals surface area contributed by atoms with Crippen molar-refractivity contribution in [2.45, 2.75) is 27.2 Å². The Morgan fingerprint density at radius 1 is 1.15 bits per heavy atom. The van der Waals surface area contributed by atoms with Gasteiger partial charge in [-0.2, -0.15) is 0 Å². The van der Waals surface area contributed by atoms with Crippen molar-refractivity contribution in [1.82, 2.24) is 5.32 Å². The molecule has 2 amide bonds. The highest BCUT2D eigenvalue weighted by Gasteiger charge is 2.36. The number of carbonyl (C=O) groups is 2. The van der Waals surface area contributed by atoms with Gasteiger partial charge in [-0.1, -0.05) is 13.0 Å². The number of hydrogen-bond donors (Lipinski definition) is 2. The van der Waals surface area contributed by atoms with Crippen molar-refractivity contribution < 1.29 is 18.4 Å². The zero-order valence-electron chi connectivity index (χ0n) is 11.7. The van der Waals surface area contributed by atoms with Crippen LogP contribution < -0.4 is 10.6 Å². The molecular formula is C14H18F2N2O2. The van der Waals surface area contributed by atoms with E-state index in [1.807, 2.05) is 6.92 Å². The van der Waals surface area contributed by atoms with E-state index in [9.17, 15) is 18.4 Å². The smallest absolute Gasteiger partial charge is 0.239 e. The lowest BCUT2D eigenvalue weighted by molar-refractivity contribution is -0.138. The first kappa shape index (κ1) is 16.1. The van der Waals surface area contributed by atoms with Crippen LogP contribution >= 0.6 is 0 Å². The van der Waals surface area contributed by atoms with Crippen LogP contribution in [0.2, 0.25) is 0 Å². The summed E-state index contributed by atoms with van der Waals surface area (Å²) in [4.78, 5) is 23.9. The Labute approximate surface area is 116 Å². The van der Waals surface area contributed by atoms with Crippen molar-refractivity contribution in [3.63, 3.8) is 0 Å². The van der Waals surface area contributed by atoms with Gasteiger partial charge in [-0.25, -0.2) is 8.78 Å². The predicted octanol–water partition coefficient (Wildman–Crippen LogP) is 2.46. The Kier molecular flexibility index (Phi) is 5.19. The number of anilines is 1. The average molecular weight is 284 g/mol. The summed E-state index contributed by atoms with van der Waals surface area (Å²) in [5.74, 6) is -3.03. The zero-order valence-corrected chi connectivity index (χ0v) is 11.7. The van der Waals surface area contributed by atoms with Crippen LogP contribution in [-0.2, 0) is 9.59 Å². The molecule has 0 radical (unpaired) electrons. The summed E-state index contributed by atoms with van der Waals surface area (Å²) in [6.07, 6.45) is 0.728. The molecule has 110 valence electrons. The summed E-state index contributed by atoms with van der Waals surface area (Å²) in [5.41, 5.74) is -1.97. The van der Waals surface area contributed by atoms with Crippen LogP contribution in [-0.4, -0.2) is 18.4 Å². The molecule has 0 saturated carbocycles. The van der Waals surface area contributed by atoms with E-state index in [0.29, 0.717) is 6.54 Å². The number of halogens is 2. The normalized spacial score (nSPS) is 11.1. The third-order valence-electron chi connectivity index (χ3n) is 2.87. The Balaban J connectivity index is 2.87. The lowest BCUT2D eigenvalue weighted by Crippen LogP contribution is -2.45. The van der Waals surface area contributed by atoms with Gasteiger partial charge >= 0.3 is 0 Å². The van der Waals surface area contributed by atoms with Crippen LogP contribution in [0.1, 0.15) is 27.2 Å². The molecule has 2 N–H and O–H groups in total. The van der Waals surface area contributed by atoms with E-state index in [0.717, 1.165) is 18.6 Å². The lowest BCUT2D eigenvalue weighted by atomic mass is 9.91. The second-order valence-electron chi connectivity index (χ2n) is 4.93. The maximum absolute atomic E-state index is 13.4. The first-order chi connectivity index (χ1) is 9.30. The predicted molar refractivity (Wildman–Crippen MR) is 72.1 cm³/mol. The van der Waals surface area contributed by atoms with E-state index < -0.39 is 34.6 Å². The first-order valence-corrected chi connectivity index (χ1v) is 6.34. The molecule has 0 fully saturated rings. The van der Waals surface area contributed by atoms with Crippen molar-refractivity contribution >= 4 is 17.5 Å². The van der Waals surface area contributed by atoms with Gasteiger partial charge < -0.3 is 10.6 Å². The standard InChI is InChI=1S/C14H18F2N2O2/c1-4-8-17-12(19)14(2,3)13(20)18-11-9(15)6-5-7-10(11)16/h5-7H,4,8H2,1-3H3,(H,17,19)(H,18,20). The summed E-state index contributed by atoms with van der Waals surface area (Å²) in [6.45, 7) is 5.10. The molecule has 0 aliphatic heterocycles. The van der Waals surface area contributed by atoms with Crippen molar-refractivity contribution in [2.24, 2.45) is 5.41 Å². The molecule has 0 heterocycles. The van der Waals surface area contributed by atoms with E-state index in [2.05, 4.69) is 10.6 Å². The molecule has 0 unspecified atom stereocenters. The fourth-order valence-electron chi connectivity index (χ4n) is 1.45. The molecule has 0 saturated heterocycles. The minimum atomic E-state index is -1.43. The SMILES string of the molecule is CCCNC(=O)C(C)(C)C(=O)Nc1c(F)cccc1F. The zero-order chi connectivity index (χ0) is 15.3. The molecule has 0 aromatic heterocycles. The number of amides is 2. The summed E-state index contributed by atoms with van der Waals surface area (Å²) >= 11 is 0. The van der Waals surface area contributed by atoms with Gasteiger partial charge in [0.05, 0.1) is 0 Å². The molecular weight excluding hydrogens is 266 g/mol. The Morgan fingerprint density at radius 2 is 1.70 bits per heavy atom. The first-order valence-electron chi connectivity index (χ1n) is 6.34. The molecule has 4 nitrogen and oxygen atoms in total. The third-order valence-corrected chi connectivity index (χ3v) is 2.87. The maximum Gasteiger partial charge on any atom is 0.239 e. The molecule has 6 heteroatoms. The van der Waals surface area contributed by atoms with Gasteiger partial charge in [0.15, 0.2) is 0 Å². The molecule has 0 atom stereocenters. The maximum atomic E-state index is 13.4. The van der Waals surface area contributed by atoms with Gasteiger partial charge in [0, 0.05) is 6.54 Å². The second-order valence-corrected chi connectivity index (χ2v) is 4.93. The van der Waals surface area contributed by atoms with Crippen LogP contribution in [0.25, 0.3) is 0 Å². The molecule has 1 rings (SSSR count). The molecule has 1 aromatic rings. The van der Waals surface area contributed by atoms with Gasteiger partial charge in [-0.05, 0) is 32.4 Å². The van der Waals surface area contributed by atoms with Crippen molar-refractivity contribution in [3.05, 3.63) is 29.8 Å². The van der Waals surface area contributed by atoms with Gasteiger partial charge in [-0.3, -0.25) is 9.59 Å². The van der Waals surface area contributed by atoms with Crippen molar-refractivity contribution in [1.29, 1.82) is 0 Å². The highest BCUT2D eigenvalue weighted by molar-refractivity contribution is 6.09. The van der Waals surface area contributed by atoms with Gasteiger partial charge in [-0.15, -0.1) is 0 Å². The minimum Gasteiger partial charge on any atom is -0.355 e. The van der Waals surface area contributed by atoms with E-state index in [4.69, 9.17) is 0 Å². The molecule has 0 spiro atoms. The number of hydrogen-bond acceptors (Lipinski definition) is 2. The highest BCUT2D eigenvalue weighted by atomic mass is 19.1. The number of nitrogens with one attached hydrogen (secondary N) is 2. The van der Waals surface area contributed by atoms with Crippen LogP contribution in [0.15, 0.2) is 18.2 Å². The molecule has 20 heavy (non-hydrogen) atoms. The Hall–Kier alpha value is -1.98. The summed E-state index contributed by atoms with van der Waals surface area (Å²) in [7, 11) is 0. The Bertz CT molecular complexity index is 496. The average Bonchev–Trinajstić information content (AvgIpc) is 2.39. The van der Waals surface area contributed by atoms with Crippen LogP contribution in [0.5, 0.6) is 0 Å². The molecule has 0 bridgehead atoms. The number of benzene rings is 1. The van der Waals surface area contributed by atoms with Crippen LogP contribution in [0, 0.1) is 17.0 Å². The van der Waals surface area contributed by atoms with Crippen LogP contribution in [0.3, 0.4) is 0 Å². The van der Waals surface area contributed by atoms with E-state index >= 15 is 0 Å². The molecule has 0 aliphatic rings. The van der Waals surface area contributed by atoms with E-state index in [-0.39, 0.29) is 0 Å². The third kappa shape index (κ3) is 3.53. The quantitative estimate of drug-likeness (QED) is 0.816. The van der Waals surface area contributed by atoms with Gasteiger partial charge in [0.1, 0.15) is 22.7 Å². The monoisotopic (exact) mass is 284 g/mol. The highest BCUT2D eigenvalue weighted by Crippen LogP contribution is 2.23. The van der Waals surface area contributed by atoms with Gasteiger partial charge in [0.2, 0.25) is 11.8 Å². The van der Waals surface area contributed by atoms with Crippen molar-refractivity contribution in [2.75, 3.05) is 11.9 Å². The topological polar surface area (TPSA) is 58.2 Å². The fourth-order valence-corrected chi connectivity index (χ4v) is 1.45. The van der Waals surface area contributed by atoms with Crippen LogP contribution in [0.4, 0.5) is 14.5 Å². The summed E-state index contributed by atoms with van der Waals surface area (Å²) < 4.78 is 26.9. The molecule has 0 aliphatic carbocycles. The number of para-hydroxylation sites is 1. The lowest BCUT2D eigenvalue weighted by Gasteiger charge is -2.22. The van der Waals surface area contributed by atoms with Crippen molar-refractivity contribution in [3.8, 4) is 0 Å². The molecule has 1 aromatic carbocycles. The van der Waals surface area contributed by atoms with Gasteiger partial charge in [0.25, 0.3) is 0 Å². The Morgan fingerprint density at radius 3 is 2.20 bits per heavy atom. The fraction of sp³-hybridized carbons (Fsp3) is 0.429. The largest absolute Gasteiger partial charge is 0.355 e. The summed E-state index contributed by atoms with van der Waals surface area (Å²) in [5, 5.41) is 4.71. The number of rotatable bonds is 5. The number of carbonyl (C=O) groups excluding carboxylic acids is 2.